The molecule has 15 heavy (non-hydrogen) atoms. The maximum atomic E-state index is 13.0. The van der Waals surface area contributed by atoms with Crippen molar-refractivity contribution < 1.29 is 8.78 Å². The van der Waals surface area contributed by atoms with E-state index in [4.69, 9.17) is 5.73 Å². The fourth-order valence-electron chi connectivity index (χ4n) is 1.29. The summed E-state index contributed by atoms with van der Waals surface area (Å²) in [6, 6.07) is 3.63. The first kappa shape index (κ1) is 10.0. The van der Waals surface area contributed by atoms with Crippen molar-refractivity contribution in [3.8, 4) is 11.3 Å². The third kappa shape index (κ3) is 1.83. The minimum Gasteiger partial charge on any atom is -0.389 e. The van der Waals surface area contributed by atoms with Crippen LogP contribution >= 0.6 is 11.3 Å². The number of hydrogen-bond donors (Lipinski definition) is 1. The highest BCUT2D eigenvalue weighted by Gasteiger charge is 2.10. The molecule has 0 aliphatic rings. The van der Waals surface area contributed by atoms with Crippen LogP contribution in [0.25, 0.3) is 11.3 Å². The van der Waals surface area contributed by atoms with Crippen LogP contribution in [0.2, 0.25) is 0 Å². The third-order valence-electron chi connectivity index (χ3n) is 1.95. The average Bonchev–Trinajstić information content (AvgIpc) is 2.50. The van der Waals surface area contributed by atoms with Crippen LogP contribution in [-0.2, 0) is 0 Å². The molecule has 0 saturated heterocycles. The molecule has 0 aliphatic heterocycles. The van der Waals surface area contributed by atoms with E-state index >= 15 is 0 Å². The number of hydrogen-bond acceptors (Lipinski definition) is 3. The van der Waals surface area contributed by atoms with Gasteiger partial charge in [-0.1, -0.05) is 0 Å². The van der Waals surface area contributed by atoms with Gasteiger partial charge in [0.1, 0.15) is 10.7 Å². The van der Waals surface area contributed by atoms with Gasteiger partial charge in [0.25, 0.3) is 0 Å². The van der Waals surface area contributed by atoms with Crippen molar-refractivity contribution in [3.05, 3.63) is 34.8 Å². The number of thiazole rings is 1. The van der Waals surface area contributed by atoms with E-state index < -0.39 is 11.6 Å². The lowest BCUT2D eigenvalue weighted by molar-refractivity contribution is 0.509. The Labute approximate surface area is 89.4 Å². The van der Waals surface area contributed by atoms with Crippen LogP contribution in [-0.4, -0.2) is 4.98 Å². The van der Waals surface area contributed by atoms with Gasteiger partial charge in [0.2, 0.25) is 0 Å². The molecule has 0 saturated carbocycles. The summed E-state index contributed by atoms with van der Waals surface area (Å²) in [6.45, 7) is 1.81. The van der Waals surface area contributed by atoms with Gasteiger partial charge in [0.05, 0.1) is 5.01 Å². The summed E-state index contributed by atoms with van der Waals surface area (Å²) >= 11 is 1.32. The predicted molar refractivity (Wildman–Crippen MR) is 56.6 cm³/mol. The maximum absolute atomic E-state index is 13.0. The fraction of sp³-hybridized carbons (Fsp3) is 0.100. The zero-order valence-corrected chi connectivity index (χ0v) is 8.74. The second-order valence-corrected chi connectivity index (χ2v) is 4.31. The highest BCUT2D eigenvalue weighted by Crippen LogP contribution is 2.30. The van der Waals surface area contributed by atoms with Gasteiger partial charge in [-0.3, -0.25) is 0 Å². The monoisotopic (exact) mass is 226 g/mol. The van der Waals surface area contributed by atoms with Crippen molar-refractivity contribution in [2.75, 3.05) is 5.73 Å². The minimum absolute atomic E-state index is 0.496. The zero-order chi connectivity index (χ0) is 11.0. The lowest BCUT2D eigenvalue weighted by Crippen LogP contribution is -1.89. The standard InChI is InChI=1S/C10H8F2N2S/c1-5-14-9(10(13)15-5)6-2-3-7(11)8(12)4-6/h2-4H,13H2,1H3. The van der Waals surface area contributed by atoms with Crippen LogP contribution < -0.4 is 5.73 Å². The molecule has 0 amide bonds. The molecule has 0 radical (unpaired) electrons. The molecule has 0 atom stereocenters. The molecule has 0 bridgehead atoms. The fourth-order valence-corrected chi connectivity index (χ4v) is 2.01. The van der Waals surface area contributed by atoms with E-state index in [-0.39, 0.29) is 0 Å². The number of aromatic nitrogens is 1. The first-order chi connectivity index (χ1) is 7.08. The minimum atomic E-state index is -0.891. The molecule has 0 unspecified atom stereocenters. The number of rotatable bonds is 1. The lowest BCUT2D eigenvalue weighted by atomic mass is 10.1. The molecule has 78 valence electrons. The molecule has 1 heterocycles. The molecule has 2 aromatic rings. The van der Waals surface area contributed by atoms with Crippen molar-refractivity contribution in [1.29, 1.82) is 0 Å². The number of nitrogens with zero attached hydrogens (tertiary/aromatic N) is 1. The Balaban J connectivity index is 2.54. The molecule has 1 aromatic carbocycles. The Hall–Kier alpha value is -1.49. The van der Waals surface area contributed by atoms with Crippen molar-refractivity contribution in [2.45, 2.75) is 6.92 Å². The second kappa shape index (κ2) is 3.58. The van der Waals surface area contributed by atoms with Crippen LogP contribution in [0.1, 0.15) is 5.01 Å². The summed E-state index contributed by atoms with van der Waals surface area (Å²) in [7, 11) is 0. The van der Waals surface area contributed by atoms with E-state index in [0.29, 0.717) is 16.3 Å². The summed E-state index contributed by atoms with van der Waals surface area (Å²) in [6.07, 6.45) is 0. The molecule has 2 nitrogen and oxygen atoms in total. The summed E-state index contributed by atoms with van der Waals surface area (Å²) < 4.78 is 25.7. The topological polar surface area (TPSA) is 38.9 Å². The lowest BCUT2D eigenvalue weighted by Gasteiger charge is -1.99. The zero-order valence-electron chi connectivity index (χ0n) is 7.92. The summed E-state index contributed by atoms with van der Waals surface area (Å²) in [4.78, 5) is 4.16. The van der Waals surface area contributed by atoms with Gasteiger partial charge in [-0.25, -0.2) is 13.8 Å². The quantitative estimate of drug-likeness (QED) is 0.811. The largest absolute Gasteiger partial charge is 0.389 e. The van der Waals surface area contributed by atoms with Gasteiger partial charge in [0.15, 0.2) is 11.6 Å². The number of benzene rings is 1. The molecule has 0 fully saturated rings. The Bertz CT molecular complexity index is 508. The van der Waals surface area contributed by atoms with Crippen LogP contribution in [0.15, 0.2) is 18.2 Å². The molecule has 0 aliphatic carbocycles. The van der Waals surface area contributed by atoms with Crippen molar-refractivity contribution in [2.24, 2.45) is 0 Å². The Morgan fingerprint density at radius 3 is 2.53 bits per heavy atom. The maximum Gasteiger partial charge on any atom is 0.159 e. The highest BCUT2D eigenvalue weighted by atomic mass is 32.1. The highest BCUT2D eigenvalue weighted by molar-refractivity contribution is 7.16. The summed E-state index contributed by atoms with van der Waals surface area (Å²) in [5.41, 5.74) is 6.71. The molecular weight excluding hydrogens is 218 g/mol. The number of nitrogen functional groups attached to an aromatic ring is 1. The van der Waals surface area contributed by atoms with E-state index in [1.807, 2.05) is 6.92 Å². The third-order valence-corrected chi connectivity index (χ3v) is 2.75. The first-order valence-corrected chi connectivity index (χ1v) is 5.08. The number of nitrogens with two attached hydrogens (primary N) is 1. The normalized spacial score (nSPS) is 10.6. The van der Waals surface area contributed by atoms with Gasteiger partial charge in [-0.15, -0.1) is 11.3 Å². The van der Waals surface area contributed by atoms with Crippen LogP contribution in [0, 0.1) is 18.6 Å². The molecule has 0 spiro atoms. The van der Waals surface area contributed by atoms with Gasteiger partial charge >= 0.3 is 0 Å². The van der Waals surface area contributed by atoms with E-state index in [0.717, 1.165) is 17.1 Å². The van der Waals surface area contributed by atoms with Crippen LogP contribution in [0.3, 0.4) is 0 Å². The Morgan fingerprint density at radius 2 is 2.00 bits per heavy atom. The van der Waals surface area contributed by atoms with Gasteiger partial charge in [-0.05, 0) is 25.1 Å². The van der Waals surface area contributed by atoms with Gasteiger partial charge in [0, 0.05) is 5.56 Å². The predicted octanol–water partition coefficient (Wildman–Crippen LogP) is 2.98. The second-order valence-electron chi connectivity index (χ2n) is 3.07. The Kier molecular flexibility index (Phi) is 2.40. The van der Waals surface area contributed by atoms with Gasteiger partial charge < -0.3 is 5.73 Å². The van der Waals surface area contributed by atoms with Gasteiger partial charge in [-0.2, -0.15) is 0 Å². The van der Waals surface area contributed by atoms with Crippen molar-refractivity contribution in [1.82, 2.24) is 4.98 Å². The average molecular weight is 226 g/mol. The van der Waals surface area contributed by atoms with E-state index in [1.165, 1.54) is 17.4 Å². The van der Waals surface area contributed by atoms with E-state index in [9.17, 15) is 8.78 Å². The number of aryl methyl sites for hydroxylation is 1. The molecule has 2 rings (SSSR count). The summed E-state index contributed by atoms with van der Waals surface area (Å²) in [5.74, 6) is -1.76. The van der Waals surface area contributed by atoms with Crippen molar-refractivity contribution >= 4 is 16.3 Å². The van der Waals surface area contributed by atoms with Crippen molar-refractivity contribution in [3.63, 3.8) is 0 Å². The first-order valence-electron chi connectivity index (χ1n) is 4.26. The smallest absolute Gasteiger partial charge is 0.159 e. The Morgan fingerprint density at radius 1 is 1.27 bits per heavy atom. The van der Waals surface area contributed by atoms with E-state index in [2.05, 4.69) is 4.98 Å². The number of anilines is 1. The molecule has 5 heteroatoms. The molecule has 2 N–H and O–H groups in total. The van der Waals surface area contributed by atoms with Crippen LogP contribution in [0.4, 0.5) is 13.8 Å². The molecule has 1 aromatic heterocycles. The van der Waals surface area contributed by atoms with Crippen LogP contribution in [0.5, 0.6) is 0 Å². The summed E-state index contributed by atoms with van der Waals surface area (Å²) in [5, 5.41) is 1.31. The van der Waals surface area contributed by atoms with E-state index in [1.54, 1.807) is 0 Å². The number of halogens is 2. The SMILES string of the molecule is Cc1nc(-c2ccc(F)c(F)c2)c(N)s1. The molecular formula is C10H8F2N2S.